The molecule has 0 spiro atoms. The Bertz CT molecular complexity index is 1440. The fourth-order valence-electron chi connectivity index (χ4n) is 10.5. The minimum absolute atomic E-state index is 0.0557. The molecule has 0 aromatic rings. The van der Waals surface area contributed by atoms with Gasteiger partial charge in [-0.15, -0.1) is 0 Å². The first-order valence-electron chi connectivity index (χ1n) is 15.4. The van der Waals surface area contributed by atoms with Crippen LogP contribution in [0, 0.1) is 46.3 Å². The highest BCUT2D eigenvalue weighted by Gasteiger charge is 2.74. The molecular weight excluding hydrogens is 568 g/mol. The van der Waals surface area contributed by atoms with Crippen LogP contribution in [0.5, 0.6) is 0 Å². The van der Waals surface area contributed by atoms with Gasteiger partial charge in [0, 0.05) is 49.7 Å². The van der Waals surface area contributed by atoms with Gasteiger partial charge in [0.05, 0.1) is 11.1 Å². The number of esters is 4. The van der Waals surface area contributed by atoms with Gasteiger partial charge in [-0.1, -0.05) is 38.2 Å². The van der Waals surface area contributed by atoms with Crippen molar-refractivity contribution in [1.82, 2.24) is 0 Å². The lowest BCUT2D eigenvalue weighted by Crippen LogP contribution is -2.54. The average Bonchev–Trinajstić information content (AvgIpc) is 3.77. The molecule has 0 saturated heterocycles. The van der Waals surface area contributed by atoms with Crippen LogP contribution in [0.4, 0.5) is 0 Å². The van der Waals surface area contributed by atoms with Gasteiger partial charge >= 0.3 is 23.9 Å². The van der Waals surface area contributed by atoms with Gasteiger partial charge in [-0.25, -0.2) is 9.59 Å². The second-order valence-electron chi connectivity index (χ2n) is 14.9. The molecule has 0 bridgehead atoms. The third-order valence-electron chi connectivity index (χ3n) is 12.2. The van der Waals surface area contributed by atoms with Gasteiger partial charge in [0.15, 0.2) is 0 Å². The summed E-state index contributed by atoms with van der Waals surface area (Å²) < 4.78 is 21.7. The van der Waals surface area contributed by atoms with Gasteiger partial charge in [0.1, 0.15) is 12.2 Å². The van der Waals surface area contributed by atoms with Gasteiger partial charge in [-0.3, -0.25) is 9.59 Å². The number of carbonyl (C=O) groups excluding carboxylic acids is 4. The van der Waals surface area contributed by atoms with Crippen molar-refractivity contribution in [1.29, 1.82) is 0 Å². The van der Waals surface area contributed by atoms with Crippen molar-refractivity contribution >= 4 is 23.9 Å². The van der Waals surface area contributed by atoms with Crippen LogP contribution in [0.3, 0.4) is 0 Å². The van der Waals surface area contributed by atoms with Gasteiger partial charge in [0.2, 0.25) is 11.6 Å². The molecular formula is C34H40O10. The molecule has 0 aromatic carbocycles. The predicted molar refractivity (Wildman–Crippen MR) is 152 cm³/mol. The number of hydrogen-bond donors (Lipinski definition) is 2. The fourth-order valence-corrected chi connectivity index (χ4v) is 10.5. The summed E-state index contributed by atoms with van der Waals surface area (Å²) in [6.07, 6.45) is 1.49. The van der Waals surface area contributed by atoms with Crippen LogP contribution in [0.2, 0.25) is 0 Å². The SMILES string of the molecule is C=C1[C@H]2C[C@H]2[C@]2(C)C[C@@]3(O)OC(=O)C(C)=C3[C@H](OC(C)=O)[C@@H]12.C=C1[C@H]2C[C@H]2[C@]2(C)C[C@]3(O)OC(=O)C(C)=C3[C@H](OC(C)=O)[C@@H]12. The van der Waals surface area contributed by atoms with Crippen LogP contribution < -0.4 is 0 Å². The van der Waals surface area contributed by atoms with E-state index in [9.17, 15) is 29.4 Å². The van der Waals surface area contributed by atoms with E-state index in [0.717, 1.165) is 24.0 Å². The summed E-state index contributed by atoms with van der Waals surface area (Å²) in [5, 5.41) is 21.9. The van der Waals surface area contributed by atoms with E-state index in [0.29, 0.717) is 58.8 Å². The summed E-state index contributed by atoms with van der Waals surface area (Å²) >= 11 is 0. The Kier molecular flexibility index (Phi) is 5.84. The van der Waals surface area contributed by atoms with Gasteiger partial charge in [-0.2, -0.15) is 0 Å². The Morgan fingerprint density at radius 2 is 1.09 bits per heavy atom. The minimum Gasteiger partial charge on any atom is -0.457 e. The molecule has 10 heteroatoms. The zero-order chi connectivity index (χ0) is 32.0. The molecule has 44 heavy (non-hydrogen) atoms. The molecule has 8 aliphatic rings. The maximum atomic E-state index is 12.0. The quantitative estimate of drug-likeness (QED) is 0.272. The number of fused-ring (bicyclic) bond motifs is 8. The van der Waals surface area contributed by atoms with Gasteiger partial charge in [0.25, 0.3) is 0 Å². The van der Waals surface area contributed by atoms with Crippen LogP contribution >= 0.6 is 0 Å². The summed E-state index contributed by atoms with van der Waals surface area (Å²) in [5.41, 5.74) is 3.18. The molecule has 6 aliphatic carbocycles. The van der Waals surface area contributed by atoms with Crippen LogP contribution in [-0.2, 0) is 38.1 Å². The molecule has 6 saturated carbocycles. The molecule has 0 radical (unpaired) electrons. The Balaban J connectivity index is 0.000000142. The third kappa shape index (κ3) is 3.67. The van der Waals surface area contributed by atoms with E-state index >= 15 is 0 Å². The van der Waals surface area contributed by atoms with Crippen molar-refractivity contribution in [3.8, 4) is 0 Å². The summed E-state index contributed by atoms with van der Waals surface area (Å²) in [6.45, 7) is 18.6. The van der Waals surface area contributed by atoms with Crippen molar-refractivity contribution in [3.05, 3.63) is 46.6 Å². The monoisotopic (exact) mass is 608 g/mol. The molecule has 0 unspecified atom stereocenters. The normalized spacial score (nSPS) is 48.5. The van der Waals surface area contributed by atoms with Gasteiger partial charge < -0.3 is 29.2 Å². The average molecular weight is 609 g/mol. The standard InChI is InChI=1S/2C17H20O5/c2*1-7-10-5-11(10)16(4)6-17(20)13(8(2)15(19)22-17)14(12(7)16)21-9(3)18/h2*10-12,14,20H,1,5-6H2,2-4H3/t10-,11-,12-,14-,16+,17+;10-,11-,12-,14-,16+,17-/m11/s1. The van der Waals surface area contributed by atoms with E-state index in [2.05, 4.69) is 27.0 Å². The zero-order valence-electron chi connectivity index (χ0n) is 26.0. The largest absolute Gasteiger partial charge is 0.457 e. The first-order chi connectivity index (χ1) is 20.4. The molecule has 0 amide bonds. The second kappa shape index (κ2) is 8.72. The van der Waals surface area contributed by atoms with Crippen molar-refractivity contribution in [2.75, 3.05) is 0 Å². The van der Waals surface area contributed by atoms with E-state index in [1.165, 1.54) is 13.8 Å². The molecule has 10 nitrogen and oxygen atoms in total. The molecule has 0 aromatic heterocycles. The van der Waals surface area contributed by atoms with E-state index in [1.54, 1.807) is 13.8 Å². The summed E-state index contributed by atoms with van der Waals surface area (Å²) in [7, 11) is 0. The Morgan fingerprint density at radius 3 is 1.41 bits per heavy atom. The number of rotatable bonds is 2. The van der Waals surface area contributed by atoms with Crippen molar-refractivity contribution < 1.29 is 48.3 Å². The summed E-state index contributed by atoms with van der Waals surface area (Å²) in [6, 6.07) is 0. The molecule has 2 heterocycles. The predicted octanol–water partition coefficient (Wildman–Crippen LogP) is 3.42. The van der Waals surface area contributed by atoms with Crippen LogP contribution in [0.1, 0.15) is 67.2 Å². The van der Waals surface area contributed by atoms with Crippen molar-refractivity contribution in [3.63, 3.8) is 0 Å². The van der Waals surface area contributed by atoms with E-state index in [4.69, 9.17) is 18.9 Å². The highest BCUT2D eigenvalue weighted by Crippen LogP contribution is 2.74. The minimum atomic E-state index is -1.65. The first kappa shape index (κ1) is 29.5. The van der Waals surface area contributed by atoms with Crippen LogP contribution in [-0.4, -0.2) is 57.9 Å². The molecule has 2 N–H and O–H groups in total. The van der Waals surface area contributed by atoms with E-state index in [1.807, 2.05) is 0 Å². The van der Waals surface area contributed by atoms with Crippen molar-refractivity contribution in [2.45, 2.75) is 91.0 Å². The highest BCUT2D eigenvalue weighted by atomic mass is 16.7. The van der Waals surface area contributed by atoms with E-state index in [-0.39, 0.29) is 22.7 Å². The van der Waals surface area contributed by atoms with Crippen LogP contribution in [0.25, 0.3) is 0 Å². The molecule has 236 valence electrons. The maximum absolute atomic E-state index is 12.0. The molecule has 12 atom stereocenters. The lowest BCUT2D eigenvalue weighted by Gasteiger charge is -2.49. The Morgan fingerprint density at radius 1 is 0.750 bits per heavy atom. The number of hydrogen-bond acceptors (Lipinski definition) is 10. The Labute approximate surface area is 256 Å². The summed E-state index contributed by atoms with van der Waals surface area (Å²) in [4.78, 5) is 47.2. The van der Waals surface area contributed by atoms with Gasteiger partial charge in [-0.05, 0) is 61.2 Å². The van der Waals surface area contributed by atoms with Crippen molar-refractivity contribution in [2.24, 2.45) is 46.3 Å². The topological polar surface area (TPSA) is 146 Å². The number of aliphatic hydroxyl groups is 2. The molecule has 8 rings (SSSR count). The second-order valence-corrected chi connectivity index (χ2v) is 14.9. The molecule has 6 fully saturated rings. The number of ether oxygens (including phenoxy) is 4. The highest BCUT2D eigenvalue weighted by molar-refractivity contribution is 5.93. The number of carbonyl (C=O) groups is 4. The fraction of sp³-hybridized carbons (Fsp3) is 0.647. The smallest absolute Gasteiger partial charge is 0.336 e. The first-order valence-corrected chi connectivity index (χ1v) is 15.4. The molecule has 2 aliphatic heterocycles. The third-order valence-corrected chi connectivity index (χ3v) is 12.2. The van der Waals surface area contributed by atoms with E-state index < -0.39 is 47.7 Å². The zero-order valence-corrected chi connectivity index (χ0v) is 26.0. The lowest BCUT2D eigenvalue weighted by atomic mass is 9.60. The lowest BCUT2D eigenvalue weighted by molar-refractivity contribution is -0.216. The summed E-state index contributed by atoms with van der Waals surface area (Å²) in [5.74, 6) is -3.60. The van der Waals surface area contributed by atoms with Crippen LogP contribution in [0.15, 0.2) is 46.6 Å². The Hall–Kier alpha value is -3.24. The maximum Gasteiger partial charge on any atom is 0.336 e.